The van der Waals surface area contributed by atoms with Gasteiger partial charge in [0.2, 0.25) is 0 Å². The molecule has 1 heterocycles. The van der Waals surface area contributed by atoms with Crippen LogP contribution in [-0.4, -0.2) is 11.2 Å². The first kappa shape index (κ1) is 7.35. The Kier molecular flexibility index (Phi) is 2.12. The van der Waals surface area contributed by atoms with Crippen LogP contribution in [0.25, 0.3) is 0 Å². The number of rotatable bonds is 2. The SMILES string of the molecule is CC(c1ccco1)[C@H](C)O. The van der Waals surface area contributed by atoms with Crippen molar-refractivity contribution in [3.63, 3.8) is 0 Å². The molecule has 1 aromatic rings. The molecule has 0 aromatic carbocycles. The molecule has 2 atom stereocenters. The molecular weight excluding hydrogens is 128 g/mol. The third-order valence-corrected chi connectivity index (χ3v) is 1.72. The van der Waals surface area contributed by atoms with Gasteiger partial charge in [-0.25, -0.2) is 0 Å². The van der Waals surface area contributed by atoms with E-state index in [9.17, 15) is 0 Å². The van der Waals surface area contributed by atoms with Crippen LogP contribution in [0, 0.1) is 0 Å². The van der Waals surface area contributed by atoms with Gasteiger partial charge >= 0.3 is 0 Å². The van der Waals surface area contributed by atoms with Crippen molar-refractivity contribution in [3.05, 3.63) is 24.2 Å². The lowest BCUT2D eigenvalue weighted by Gasteiger charge is -2.10. The van der Waals surface area contributed by atoms with Crippen LogP contribution in [0.1, 0.15) is 25.5 Å². The summed E-state index contributed by atoms with van der Waals surface area (Å²) in [7, 11) is 0. The number of hydrogen-bond acceptors (Lipinski definition) is 2. The summed E-state index contributed by atoms with van der Waals surface area (Å²) in [5, 5.41) is 9.13. The second kappa shape index (κ2) is 2.88. The molecule has 0 spiro atoms. The van der Waals surface area contributed by atoms with Gasteiger partial charge in [0, 0.05) is 5.92 Å². The van der Waals surface area contributed by atoms with Gasteiger partial charge in [-0.2, -0.15) is 0 Å². The predicted molar refractivity (Wildman–Crippen MR) is 38.8 cm³/mol. The van der Waals surface area contributed by atoms with Crippen molar-refractivity contribution < 1.29 is 9.52 Å². The lowest BCUT2D eigenvalue weighted by molar-refractivity contribution is 0.158. The van der Waals surface area contributed by atoms with Gasteiger partial charge in [0.25, 0.3) is 0 Å². The summed E-state index contributed by atoms with van der Waals surface area (Å²) in [6, 6.07) is 3.70. The molecule has 0 aliphatic carbocycles. The average Bonchev–Trinajstić information content (AvgIpc) is 2.36. The van der Waals surface area contributed by atoms with Crippen LogP contribution in [-0.2, 0) is 0 Å². The summed E-state index contributed by atoms with van der Waals surface area (Å²) in [6.45, 7) is 3.69. The first-order chi connectivity index (χ1) is 4.72. The fourth-order valence-corrected chi connectivity index (χ4v) is 0.788. The minimum absolute atomic E-state index is 0.0926. The predicted octanol–water partition coefficient (Wildman–Crippen LogP) is 1.76. The first-order valence-corrected chi connectivity index (χ1v) is 3.43. The van der Waals surface area contributed by atoms with Gasteiger partial charge < -0.3 is 9.52 Å². The van der Waals surface area contributed by atoms with Crippen LogP contribution in [0.3, 0.4) is 0 Å². The number of furan rings is 1. The smallest absolute Gasteiger partial charge is 0.109 e. The summed E-state index contributed by atoms with van der Waals surface area (Å²) in [4.78, 5) is 0. The number of aliphatic hydroxyl groups is 1. The standard InChI is InChI=1S/C8H12O2/c1-6(7(2)9)8-4-3-5-10-8/h3-7,9H,1-2H3/t6?,7-/m0/s1. The van der Waals surface area contributed by atoms with Gasteiger partial charge in [0.05, 0.1) is 12.4 Å². The molecule has 0 saturated heterocycles. The molecule has 1 N–H and O–H groups in total. The van der Waals surface area contributed by atoms with E-state index in [-0.39, 0.29) is 12.0 Å². The third kappa shape index (κ3) is 1.39. The van der Waals surface area contributed by atoms with Crippen molar-refractivity contribution in [1.29, 1.82) is 0 Å². The highest BCUT2D eigenvalue weighted by Gasteiger charge is 2.12. The minimum atomic E-state index is -0.342. The minimum Gasteiger partial charge on any atom is -0.469 e. The quantitative estimate of drug-likeness (QED) is 0.679. The second-order valence-electron chi connectivity index (χ2n) is 2.54. The van der Waals surface area contributed by atoms with E-state index in [2.05, 4.69) is 0 Å². The summed E-state index contributed by atoms with van der Waals surface area (Å²) < 4.78 is 5.10. The summed E-state index contributed by atoms with van der Waals surface area (Å²) in [5.74, 6) is 0.935. The van der Waals surface area contributed by atoms with Gasteiger partial charge in [-0.3, -0.25) is 0 Å². The molecule has 0 aliphatic rings. The Balaban J connectivity index is 2.68. The van der Waals surface area contributed by atoms with Crippen LogP contribution in [0.5, 0.6) is 0 Å². The Morgan fingerprint density at radius 2 is 2.20 bits per heavy atom. The number of aliphatic hydroxyl groups excluding tert-OH is 1. The molecule has 1 unspecified atom stereocenters. The van der Waals surface area contributed by atoms with E-state index in [0.717, 1.165) is 5.76 Å². The molecule has 0 fully saturated rings. The van der Waals surface area contributed by atoms with Crippen molar-refractivity contribution in [1.82, 2.24) is 0 Å². The Hall–Kier alpha value is -0.760. The summed E-state index contributed by atoms with van der Waals surface area (Å²) in [5.41, 5.74) is 0. The van der Waals surface area contributed by atoms with E-state index < -0.39 is 0 Å². The zero-order chi connectivity index (χ0) is 7.56. The van der Waals surface area contributed by atoms with Crippen molar-refractivity contribution in [2.24, 2.45) is 0 Å². The highest BCUT2D eigenvalue weighted by atomic mass is 16.3. The van der Waals surface area contributed by atoms with Crippen molar-refractivity contribution in [2.75, 3.05) is 0 Å². The second-order valence-corrected chi connectivity index (χ2v) is 2.54. The maximum absolute atomic E-state index is 9.13. The highest BCUT2D eigenvalue weighted by molar-refractivity contribution is 5.05. The molecule has 0 saturated carbocycles. The zero-order valence-corrected chi connectivity index (χ0v) is 6.24. The van der Waals surface area contributed by atoms with E-state index in [4.69, 9.17) is 9.52 Å². The summed E-state index contributed by atoms with van der Waals surface area (Å²) in [6.07, 6.45) is 1.28. The van der Waals surface area contributed by atoms with Crippen LogP contribution in [0.15, 0.2) is 22.8 Å². The molecular formula is C8H12O2. The van der Waals surface area contributed by atoms with E-state index >= 15 is 0 Å². The van der Waals surface area contributed by atoms with Crippen molar-refractivity contribution in [2.45, 2.75) is 25.9 Å². The van der Waals surface area contributed by atoms with Crippen molar-refractivity contribution >= 4 is 0 Å². The first-order valence-electron chi connectivity index (χ1n) is 3.43. The average molecular weight is 140 g/mol. The molecule has 0 amide bonds. The van der Waals surface area contributed by atoms with Gasteiger partial charge in [-0.1, -0.05) is 6.92 Å². The Labute approximate surface area is 60.5 Å². The largest absolute Gasteiger partial charge is 0.469 e. The monoisotopic (exact) mass is 140 g/mol. The maximum Gasteiger partial charge on any atom is 0.109 e. The normalized spacial score (nSPS) is 16.7. The third-order valence-electron chi connectivity index (χ3n) is 1.72. The fraction of sp³-hybridized carbons (Fsp3) is 0.500. The zero-order valence-electron chi connectivity index (χ0n) is 6.24. The molecule has 2 nitrogen and oxygen atoms in total. The number of hydrogen-bond donors (Lipinski definition) is 1. The molecule has 56 valence electrons. The van der Waals surface area contributed by atoms with Gasteiger partial charge in [0.15, 0.2) is 0 Å². The van der Waals surface area contributed by atoms with E-state index in [1.54, 1.807) is 13.2 Å². The molecule has 10 heavy (non-hydrogen) atoms. The van der Waals surface area contributed by atoms with E-state index in [1.807, 2.05) is 19.1 Å². The Morgan fingerprint density at radius 1 is 1.50 bits per heavy atom. The van der Waals surface area contributed by atoms with Crippen LogP contribution < -0.4 is 0 Å². The Bertz CT molecular complexity index is 177. The molecule has 0 radical (unpaired) electrons. The van der Waals surface area contributed by atoms with Crippen LogP contribution in [0.2, 0.25) is 0 Å². The van der Waals surface area contributed by atoms with Crippen LogP contribution in [0.4, 0.5) is 0 Å². The summed E-state index contributed by atoms with van der Waals surface area (Å²) >= 11 is 0. The van der Waals surface area contributed by atoms with E-state index in [0.29, 0.717) is 0 Å². The van der Waals surface area contributed by atoms with Gasteiger partial charge in [-0.15, -0.1) is 0 Å². The van der Waals surface area contributed by atoms with Gasteiger partial charge in [-0.05, 0) is 19.1 Å². The fourth-order valence-electron chi connectivity index (χ4n) is 0.788. The molecule has 1 rings (SSSR count). The molecule has 2 heteroatoms. The lowest BCUT2D eigenvalue weighted by Crippen LogP contribution is -2.09. The van der Waals surface area contributed by atoms with Gasteiger partial charge in [0.1, 0.15) is 5.76 Å². The topological polar surface area (TPSA) is 33.4 Å². The van der Waals surface area contributed by atoms with Crippen molar-refractivity contribution in [3.8, 4) is 0 Å². The lowest BCUT2D eigenvalue weighted by atomic mass is 10.0. The molecule has 0 bridgehead atoms. The molecule has 0 aliphatic heterocycles. The maximum atomic E-state index is 9.13. The highest BCUT2D eigenvalue weighted by Crippen LogP contribution is 2.18. The van der Waals surface area contributed by atoms with Crippen LogP contribution >= 0.6 is 0 Å². The molecule has 1 aromatic heterocycles. The Morgan fingerprint density at radius 3 is 2.60 bits per heavy atom. The van der Waals surface area contributed by atoms with E-state index in [1.165, 1.54) is 0 Å².